The lowest BCUT2D eigenvalue weighted by Gasteiger charge is -2.23. The van der Waals surface area contributed by atoms with Crippen LogP contribution in [-0.2, 0) is 0 Å². The molecular formula is C42H26O. The normalized spacial score (nSPS) is 12.2. The molecular weight excluding hydrogens is 520 g/mol. The van der Waals surface area contributed by atoms with Gasteiger partial charge < -0.3 is 4.74 Å². The van der Waals surface area contributed by atoms with Gasteiger partial charge in [-0.25, -0.2) is 0 Å². The zero-order valence-electron chi connectivity index (χ0n) is 24.3. The van der Waals surface area contributed by atoms with Crippen molar-refractivity contribution < 1.29 is 6.11 Å². The molecule has 0 bridgehead atoms. The van der Waals surface area contributed by atoms with Crippen molar-refractivity contribution in [1.82, 2.24) is 0 Å². The first-order valence-electron chi connectivity index (χ1n) is 15.2. The molecule has 0 fully saturated rings. The SMILES string of the molecule is [2H]c1cccc2c(-c3ccc4c(c3)-c3cccc5cccc(c35)O4)c3ccccc3c(-c3ccccc3-c3ccccc3)c12. The first-order valence-corrected chi connectivity index (χ1v) is 14.7. The quantitative estimate of drug-likeness (QED) is 0.200. The summed E-state index contributed by atoms with van der Waals surface area (Å²) in [5.41, 5.74) is 9.08. The predicted molar refractivity (Wildman–Crippen MR) is 181 cm³/mol. The minimum absolute atomic E-state index is 0.521. The van der Waals surface area contributed by atoms with Crippen molar-refractivity contribution in [3.63, 3.8) is 0 Å². The molecule has 0 unspecified atom stereocenters. The number of hydrogen-bond donors (Lipinski definition) is 0. The van der Waals surface area contributed by atoms with E-state index in [2.05, 4.69) is 133 Å². The fourth-order valence-electron chi connectivity index (χ4n) is 6.93. The van der Waals surface area contributed by atoms with Crippen LogP contribution in [0.25, 0.3) is 76.8 Å². The molecule has 1 aliphatic rings. The van der Waals surface area contributed by atoms with Crippen LogP contribution in [0.1, 0.15) is 1.37 Å². The van der Waals surface area contributed by atoms with E-state index in [0.717, 1.165) is 72.0 Å². The molecule has 43 heavy (non-hydrogen) atoms. The van der Waals surface area contributed by atoms with Crippen LogP contribution in [0, 0.1) is 0 Å². The van der Waals surface area contributed by atoms with Crippen LogP contribution in [0.15, 0.2) is 158 Å². The third-order valence-corrected chi connectivity index (χ3v) is 8.77. The maximum atomic E-state index is 9.25. The number of ether oxygens (including phenoxy) is 1. The number of fused-ring (bicyclic) bond motifs is 4. The Morgan fingerprint density at radius 3 is 1.88 bits per heavy atom. The van der Waals surface area contributed by atoms with Crippen LogP contribution >= 0.6 is 0 Å². The minimum Gasteiger partial charge on any atom is -0.456 e. The van der Waals surface area contributed by atoms with Gasteiger partial charge in [0.25, 0.3) is 0 Å². The lowest BCUT2D eigenvalue weighted by molar-refractivity contribution is 0.487. The fourth-order valence-corrected chi connectivity index (χ4v) is 6.93. The van der Waals surface area contributed by atoms with E-state index in [9.17, 15) is 1.37 Å². The molecule has 1 heteroatoms. The summed E-state index contributed by atoms with van der Waals surface area (Å²) < 4.78 is 15.7. The standard InChI is InChI=1S/C42H26O/c1-2-12-27(13-3-1)30-16-4-5-17-31(30)42-34-20-8-6-18-32(34)40(33-19-7-9-21-35(33)42)29-24-25-38-37(26-29)36-22-10-14-28-15-11-23-39(43-38)41(28)36/h1-26H/i20D. The molecule has 0 saturated carbocycles. The van der Waals surface area contributed by atoms with E-state index in [0.29, 0.717) is 6.04 Å². The monoisotopic (exact) mass is 547 g/mol. The molecule has 0 radical (unpaired) electrons. The van der Waals surface area contributed by atoms with Gasteiger partial charge in [0.1, 0.15) is 11.5 Å². The Kier molecular flexibility index (Phi) is 5.04. The summed E-state index contributed by atoms with van der Waals surface area (Å²) in [6.45, 7) is 0. The van der Waals surface area contributed by atoms with Gasteiger partial charge in [-0.1, -0.05) is 140 Å². The summed E-state index contributed by atoms with van der Waals surface area (Å²) in [5, 5.41) is 6.66. The molecule has 0 atom stereocenters. The summed E-state index contributed by atoms with van der Waals surface area (Å²) in [7, 11) is 0. The Morgan fingerprint density at radius 2 is 1.05 bits per heavy atom. The highest BCUT2D eigenvalue weighted by molar-refractivity contribution is 6.22. The smallest absolute Gasteiger partial charge is 0.135 e. The van der Waals surface area contributed by atoms with Gasteiger partial charge in [-0.05, 0) is 84.1 Å². The van der Waals surface area contributed by atoms with Gasteiger partial charge in [0.2, 0.25) is 0 Å². The topological polar surface area (TPSA) is 9.23 Å². The van der Waals surface area contributed by atoms with E-state index in [1.807, 2.05) is 18.2 Å². The van der Waals surface area contributed by atoms with Crippen molar-refractivity contribution in [2.45, 2.75) is 0 Å². The maximum absolute atomic E-state index is 9.25. The fraction of sp³-hybridized carbons (Fsp3) is 0. The first kappa shape index (κ1) is 23.0. The molecule has 1 heterocycles. The average molecular weight is 548 g/mol. The maximum Gasteiger partial charge on any atom is 0.135 e. The van der Waals surface area contributed by atoms with Crippen molar-refractivity contribution in [3.8, 4) is 56.0 Å². The number of benzene rings is 8. The highest BCUT2D eigenvalue weighted by Crippen LogP contribution is 2.50. The molecule has 0 saturated heterocycles. The Bertz CT molecular complexity index is 2420. The molecule has 0 spiro atoms. The predicted octanol–water partition coefficient (Wildman–Crippen LogP) is 11.9. The summed E-state index contributed by atoms with van der Waals surface area (Å²) in [5.74, 6) is 1.76. The van der Waals surface area contributed by atoms with E-state index in [1.54, 1.807) is 0 Å². The first-order chi connectivity index (χ1) is 21.8. The van der Waals surface area contributed by atoms with Crippen LogP contribution in [0.2, 0.25) is 0 Å². The van der Waals surface area contributed by atoms with Crippen LogP contribution in [0.3, 0.4) is 0 Å². The molecule has 9 rings (SSSR count). The van der Waals surface area contributed by atoms with Gasteiger partial charge in [0.05, 0.1) is 1.37 Å². The summed E-state index contributed by atoms with van der Waals surface area (Å²) in [6, 6.07) is 53.6. The molecule has 0 N–H and O–H groups in total. The van der Waals surface area contributed by atoms with Crippen molar-refractivity contribution in [2.75, 3.05) is 0 Å². The van der Waals surface area contributed by atoms with Crippen molar-refractivity contribution in [3.05, 3.63) is 158 Å². The average Bonchev–Trinajstić information content (AvgIpc) is 3.08. The van der Waals surface area contributed by atoms with Gasteiger partial charge in [-0.3, -0.25) is 0 Å². The Balaban J connectivity index is 1.37. The minimum atomic E-state index is 0.521. The second-order valence-electron chi connectivity index (χ2n) is 11.1. The summed E-state index contributed by atoms with van der Waals surface area (Å²) in [4.78, 5) is 0. The lowest BCUT2D eigenvalue weighted by atomic mass is 9.83. The number of rotatable bonds is 3. The zero-order chi connectivity index (χ0) is 29.2. The van der Waals surface area contributed by atoms with Crippen molar-refractivity contribution in [2.24, 2.45) is 0 Å². The highest BCUT2D eigenvalue weighted by atomic mass is 16.5. The van der Waals surface area contributed by atoms with Gasteiger partial charge >= 0.3 is 0 Å². The third kappa shape index (κ3) is 3.65. The second-order valence-corrected chi connectivity index (χ2v) is 11.1. The van der Waals surface area contributed by atoms with E-state index in [1.165, 1.54) is 16.3 Å². The molecule has 8 aromatic carbocycles. The van der Waals surface area contributed by atoms with Crippen LogP contribution in [0.5, 0.6) is 11.5 Å². The second kappa shape index (κ2) is 9.44. The molecule has 0 aliphatic carbocycles. The van der Waals surface area contributed by atoms with Gasteiger partial charge in [0, 0.05) is 10.9 Å². The summed E-state index contributed by atoms with van der Waals surface area (Å²) >= 11 is 0. The van der Waals surface area contributed by atoms with Crippen molar-refractivity contribution >= 4 is 32.3 Å². The Labute approximate surface area is 251 Å². The van der Waals surface area contributed by atoms with Crippen molar-refractivity contribution in [1.29, 1.82) is 0 Å². The zero-order valence-corrected chi connectivity index (χ0v) is 23.3. The van der Waals surface area contributed by atoms with E-state index < -0.39 is 0 Å². The third-order valence-electron chi connectivity index (χ3n) is 8.77. The van der Waals surface area contributed by atoms with E-state index >= 15 is 0 Å². The van der Waals surface area contributed by atoms with E-state index in [-0.39, 0.29) is 0 Å². The molecule has 0 aromatic heterocycles. The Morgan fingerprint density at radius 1 is 0.395 bits per heavy atom. The molecule has 0 amide bonds. The van der Waals surface area contributed by atoms with Crippen LogP contribution in [-0.4, -0.2) is 0 Å². The van der Waals surface area contributed by atoms with Gasteiger partial charge in [0.15, 0.2) is 0 Å². The molecule has 8 aromatic rings. The molecule has 1 aliphatic heterocycles. The molecule has 200 valence electrons. The van der Waals surface area contributed by atoms with Crippen LogP contribution < -0.4 is 4.74 Å². The Hall–Kier alpha value is -5.66. The summed E-state index contributed by atoms with van der Waals surface area (Å²) in [6.07, 6.45) is 0. The van der Waals surface area contributed by atoms with E-state index in [4.69, 9.17) is 4.74 Å². The largest absolute Gasteiger partial charge is 0.456 e. The highest BCUT2D eigenvalue weighted by Gasteiger charge is 2.23. The lowest BCUT2D eigenvalue weighted by Crippen LogP contribution is -1.98. The van der Waals surface area contributed by atoms with Gasteiger partial charge in [-0.2, -0.15) is 0 Å². The molecule has 1 nitrogen and oxygen atoms in total. The number of hydrogen-bond acceptors (Lipinski definition) is 1. The van der Waals surface area contributed by atoms with Crippen LogP contribution in [0.4, 0.5) is 0 Å². The van der Waals surface area contributed by atoms with Gasteiger partial charge in [-0.15, -0.1) is 0 Å².